The average molecular weight is 362 g/mol. The fraction of sp³-hybridized carbons (Fsp3) is 0. The molecule has 6 aromatic rings. The Hall–Kier alpha value is -3.92. The minimum atomic E-state index is 1.02. The summed E-state index contributed by atoms with van der Waals surface area (Å²) in [5.41, 5.74) is 6.35. The van der Waals surface area contributed by atoms with E-state index in [0.717, 1.165) is 44.0 Å². The van der Waals surface area contributed by atoms with Gasteiger partial charge in [-0.05, 0) is 35.4 Å². The monoisotopic (exact) mass is 362 g/mol. The van der Waals surface area contributed by atoms with Gasteiger partial charge in [0.05, 0.1) is 22.1 Å². The highest BCUT2D eigenvalue weighted by Gasteiger charge is 2.12. The van der Waals surface area contributed by atoms with E-state index >= 15 is 0 Å². The number of para-hydroxylation sites is 2. The molecule has 0 saturated carbocycles. The van der Waals surface area contributed by atoms with Crippen LogP contribution in [0.3, 0.4) is 0 Å². The van der Waals surface area contributed by atoms with Gasteiger partial charge in [0, 0.05) is 21.5 Å². The zero-order valence-corrected chi connectivity index (χ0v) is 15.1. The highest BCUT2D eigenvalue weighted by atomic mass is 15.3. The molecule has 0 fully saturated rings. The Morgan fingerprint density at radius 3 is 1.29 bits per heavy atom. The number of fused-ring (bicyclic) bond motifs is 6. The number of nitrogens with zero attached hydrogens (tertiary/aromatic N) is 2. The van der Waals surface area contributed by atoms with Gasteiger partial charge in [-0.25, -0.2) is 0 Å². The first kappa shape index (κ1) is 15.2. The second kappa shape index (κ2) is 5.30. The topological polar surface area (TPSA) is 61.9 Å². The number of nitrogen functional groups attached to an aromatic ring is 2. The van der Waals surface area contributed by atoms with Gasteiger partial charge in [-0.3, -0.25) is 9.35 Å². The number of rotatable bonds is 1. The van der Waals surface area contributed by atoms with Gasteiger partial charge in [0.15, 0.2) is 0 Å². The number of benzene rings is 4. The van der Waals surface area contributed by atoms with Crippen molar-refractivity contribution in [3.8, 4) is 11.1 Å². The van der Waals surface area contributed by atoms with Crippen LogP contribution in [-0.2, 0) is 0 Å². The van der Waals surface area contributed by atoms with E-state index in [-0.39, 0.29) is 0 Å². The summed E-state index contributed by atoms with van der Waals surface area (Å²) in [7, 11) is 0. The Balaban J connectivity index is 1.61. The number of hydrogen-bond acceptors (Lipinski definition) is 2. The zero-order chi connectivity index (χ0) is 18.8. The Morgan fingerprint density at radius 1 is 0.429 bits per heavy atom. The first-order valence-corrected chi connectivity index (χ1v) is 9.29. The summed E-state index contributed by atoms with van der Waals surface area (Å²) in [4.78, 5) is 0. The van der Waals surface area contributed by atoms with Crippen molar-refractivity contribution in [2.75, 3.05) is 11.7 Å². The lowest BCUT2D eigenvalue weighted by Gasteiger charge is -2.05. The van der Waals surface area contributed by atoms with Crippen LogP contribution in [0.1, 0.15) is 0 Å². The largest absolute Gasteiger partial charge is 0.339 e. The van der Waals surface area contributed by atoms with Gasteiger partial charge in [-0.15, -0.1) is 0 Å². The SMILES string of the molecule is Nn1c2ccccc2c2ccc(-c3ccc4c5ccccc5n(N)c4c3)cc21. The lowest BCUT2D eigenvalue weighted by molar-refractivity contribution is 1.12. The first-order chi connectivity index (χ1) is 13.7. The van der Waals surface area contributed by atoms with Crippen molar-refractivity contribution < 1.29 is 0 Å². The van der Waals surface area contributed by atoms with Gasteiger partial charge >= 0.3 is 0 Å². The maximum Gasteiger partial charge on any atom is 0.0709 e. The summed E-state index contributed by atoms with van der Waals surface area (Å²) in [5, 5.41) is 4.67. The molecule has 0 radical (unpaired) electrons. The van der Waals surface area contributed by atoms with E-state index in [0.29, 0.717) is 0 Å². The Morgan fingerprint density at radius 2 is 0.821 bits per heavy atom. The van der Waals surface area contributed by atoms with Crippen molar-refractivity contribution in [1.82, 2.24) is 9.35 Å². The summed E-state index contributed by atoms with van der Waals surface area (Å²) in [5.74, 6) is 12.8. The summed E-state index contributed by atoms with van der Waals surface area (Å²) < 4.78 is 3.54. The molecule has 0 aliphatic carbocycles. The van der Waals surface area contributed by atoms with Crippen molar-refractivity contribution in [1.29, 1.82) is 0 Å². The molecule has 0 amide bonds. The van der Waals surface area contributed by atoms with Crippen molar-refractivity contribution >= 4 is 43.6 Å². The second-order valence-corrected chi connectivity index (χ2v) is 7.24. The third kappa shape index (κ3) is 1.89. The predicted octanol–water partition coefficient (Wildman–Crippen LogP) is 5.00. The third-order valence-corrected chi connectivity index (χ3v) is 5.76. The van der Waals surface area contributed by atoms with Crippen molar-refractivity contribution in [2.24, 2.45) is 0 Å². The molecule has 2 heterocycles. The van der Waals surface area contributed by atoms with Gasteiger partial charge in [0.25, 0.3) is 0 Å². The van der Waals surface area contributed by atoms with E-state index in [1.807, 2.05) is 36.4 Å². The van der Waals surface area contributed by atoms with Crippen LogP contribution in [0, 0.1) is 0 Å². The summed E-state index contributed by atoms with van der Waals surface area (Å²) in [6.45, 7) is 0. The Bertz CT molecular complexity index is 1420. The van der Waals surface area contributed by atoms with Crippen LogP contribution in [0.15, 0.2) is 84.9 Å². The molecule has 4 N–H and O–H groups in total. The first-order valence-electron chi connectivity index (χ1n) is 9.29. The molecule has 0 spiro atoms. The zero-order valence-electron chi connectivity index (χ0n) is 15.1. The van der Waals surface area contributed by atoms with E-state index < -0.39 is 0 Å². The van der Waals surface area contributed by atoms with E-state index in [9.17, 15) is 0 Å². The van der Waals surface area contributed by atoms with Crippen molar-refractivity contribution in [2.45, 2.75) is 0 Å². The molecule has 2 aromatic heterocycles. The smallest absolute Gasteiger partial charge is 0.0709 e. The lowest BCUT2D eigenvalue weighted by atomic mass is 10.0. The molecule has 0 bridgehead atoms. The van der Waals surface area contributed by atoms with Gasteiger partial charge in [-0.1, -0.05) is 60.7 Å². The van der Waals surface area contributed by atoms with Crippen molar-refractivity contribution in [3.63, 3.8) is 0 Å². The van der Waals surface area contributed by atoms with Crippen LogP contribution >= 0.6 is 0 Å². The molecule has 4 aromatic carbocycles. The quantitative estimate of drug-likeness (QED) is 0.405. The molecule has 4 nitrogen and oxygen atoms in total. The standard InChI is InChI=1S/C24H18N4/c25-27-21-7-3-1-5-17(21)19-11-9-15(13-23(19)27)16-10-12-20-18-6-2-4-8-22(18)28(26)24(20)14-16/h1-14H,25-26H2. The van der Waals surface area contributed by atoms with Crippen LogP contribution in [0.4, 0.5) is 0 Å². The van der Waals surface area contributed by atoms with E-state index in [4.69, 9.17) is 11.7 Å². The highest BCUT2D eigenvalue weighted by Crippen LogP contribution is 2.34. The molecule has 4 heteroatoms. The van der Waals surface area contributed by atoms with Gasteiger partial charge in [-0.2, -0.15) is 0 Å². The summed E-state index contributed by atoms with van der Waals surface area (Å²) in [6.07, 6.45) is 0. The molecule has 0 saturated heterocycles. The molecular formula is C24H18N4. The number of hydrogen-bond donors (Lipinski definition) is 2. The van der Waals surface area contributed by atoms with Gasteiger partial charge < -0.3 is 11.7 Å². The molecule has 0 atom stereocenters. The molecule has 0 aliphatic rings. The van der Waals surface area contributed by atoms with E-state index in [1.165, 1.54) is 10.8 Å². The van der Waals surface area contributed by atoms with Crippen molar-refractivity contribution in [3.05, 3.63) is 84.9 Å². The van der Waals surface area contributed by atoms with Crippen LogP contribution in [-0.4, -0.2) is 9.35 Å². The molecule has 0 unspecified atom stereocenters. The fourth-order valence-corrected chi connectivity index (χ4v) is 4.36. The van der Waals surface area contributed by atoms with Crippen LogP contribution in [0.25, 0.3) is 54.7 Å². The maximum atomic E-state index is 6.38. The lowest BCUT2D eigenvalue weighted by Crippen LogP contribution is -2.07. The molecule has 0 aliphatic heterocycles. The highest BCUT2D eigenvalue weighted by molar-refractivity contribution is 6.10. The van der Waals surface area contributed by atoms with E-state index in [1.54, 1.807) is 9.35 Å². The molecule has 6 rings (SSSR count). The Kier molecular flexibility index (Phi) is 2.87. The Labute approximate surface area is 161 Å². The fourth-order valence-electron chi connectivity index (χ4n) is 4.36. The second-order valence-electron chi connectivity index (χ2n) is 7.24. The molecule has 28 heavy (non-hydrogen) atoms. The minimum absolute atomic E-state index is 1.02. The predicted molar refractivity (Wildman–Crippen MR) is 118 cm³/mol. The van der Waals surface area contributed by atoms with Gasteiger partial charge in [0.2, 0.25) is 0 Å². The summed E-state index contributed by atoms with van der Waals surface area (Å²) >= 11 is 0. The average Bonchev–Trinajstić information content (AvgIpc) is 3.20. The molecular weight excluding hydrogens is 344 g/mol. The number of nitrogens with two attached hydrogens (primary N) is 2. The number of aromatic nitrogens is 2. The minimum Gasteiger partial charge on any atom is -0.339 e. The van der Waals surface area contributed by atoms with Crippen LogP contribution < -0.4 is 11.7 Å². The van der Waals surface area contributed by atoms with Crippen LogP contribution in [0.5, 0.6) is 0 Å². The maximum absolute atomic E-state index is 6.38. The third-order valence-electron chi connectivity index (χ3n) is 5.76. The molecule has 134 valence electrons. The van der Waals surface area contributed by atoms with Gasteiger partial charge in [0.1, 0.15) is 0 Å². The van der Waals surface area contributed by atoms with E-state index in [2.05, 4.69) is 48.5 Å². The summed E-state index contributed by atoms with van der Waals surface area (Å²) in [6, 6.07) is 29.4. The normalized spacial score (nSPS) is 11.9. The van der Waals surface area contributed by atoms with Crippen LogP contribution in [0.2, 0.25) is 0 Å².